The van der Waals surface area contributed by atoms with Crippen molar-refractivity contribution in [1.82, 2.24) is 5.32 Å². The van der Waals surface area contributed by atoms with E-state index in [2.05, 4.69) is 41.2 Å². The predicted octanol–water partition coefficient (Wildman–Crippen LogP) is 5.16. The van der Waals surface area contributed by atoms with Crippen LogP contribution in [-0.2, 0) is 0 Å². The third-order valence-electron chi connectivity index (χ3n) is 3.56. The molecule has 0 fully saturated rings. The maximum atomic E-state index is 12.1. The van der Waals surface area contributed by atoms with Gasteiger partial charge in [-0.15, -0.1) is 0 Å². The van der Waals surface area contributed by atoms with E-state index in [1.165, 1.54) is 12.8 Å². The molecule has 2 aromatic carbocycles. The van der Waals surface area contributed by atoms with Gasteiger partial charge >= 0.3 is 0 Å². The van der Waals surface area contributed by atoms with Crippen molar-refractivity contribution in [3.05, 3.63) is 46.4 Å². The molecule has 0 heterocycles. The molecule has 3 heteroatoms. The summed E-state index contributed by atoms with van der Waals surface area (Å²) < 4.78 is 1.05. The average molecular weight is 348 g/mol. The van der Waals surface area contributed by atoms with Crippen molar-refractivity contribution in [1.29, 1.82) is 0 Å². The fourth-order valence-corrected chi connectivity index (χ4v) is 2.72. The van der Waals surface area contributed by atoms with Gasteiger partial charge in [-0.1, -0.05) is 54.8 Å². The number of amides is 1. The summed E-state index contributed by atoms with van der Waals surface area (Å²) in [5.74, 6) is 0.755. The fourth-order valence-electron chi connectivity index (χ4n) is 2.34. The largest absolute Gasteiger partial charge is 0.352 e. The van der Waals surface area contributed by atoms with Gasteiger partial charge in [-0.25, -0.2) is 0 Å². The number of nitrogens with one attached hydrogen (secondary N) is 1. The molecule has 1 amide bonds. The van der Waals surface area contributed by atoms with Gasteiger partial charge in [-0.2, -0.15) is 0 Å². The second-order valence-electron chi connectivity index (χ2n) is 5.85. The van der Waals surface area contributed by atoms with Gasteiger partial charge in [0.1, 0.15) is 0 Å². The van der Waals surface area contributed by atoms with Gasteiger partial charge in [-0.05, 0) is 47.4 Å². The number of carbonyl (C=O) groups excluding carboxylic acids is 1. The van der Waals surface area contributed by atoms with E-state index < -0.39 is 0 Å². The lowest BCUT2D eigenvalue weighted by atomic mass is 10.1. The van der Waals surface area contributed by atoms with E-state index in [1.54, 1.807) is 0 Å². The molecule has 1 N–H and O–H groups in total. The third-order valence-corrected chi connectivity index (χ3v) is 4.05. The van der Waals surface area contributed by atoms with Crippen LogP contribution in [0.25, 0.3) is 10.8 Å². The molecule has 0 saturated heterocycles. The Morgan fingerprint density at radius 1 is 1.10 bits per heavy atom. The van der Waals surface area contributed by atoms with Crippen LogP contribution in [0.15, 0.2) is 40.9 Å². The lowest BCUT2D eigenvalue weighted by Gasteiger charge is -2.07. The normalized spacial score (nSPS) is 11.0. The minimum absolute atomic E-state index is 0.0179. The van der Waals surface area contributed by atoms with E-state index in [0.29, 0.717) is 0 Å². The molecule has 21 heavy (non-hydrogen) atoms. The Bertz CT molecular complexity index is 622. The number of hydrogen-bond acceptors (Lipinski definition) is 1. The predicted molar refractivity (Wildman–Crippen MR) is 92.7 cm³/mol. The number of hydrogen-bond donors (Lipinski definition) is 1. The van der Waals surface area contributed by atoms with Crippen molar-refractivity contribution in [2.75, 3.05) is 6.54 Å². The zero-order valence-electron chi connectivity index (χ0n) is 12.7. The molecule has 0 aliphatic carbocycles. The summed E-state index contributed by atoms with van der Waals surface area (Å²) in [6, 6.07) is 11.9. The zero-order valence-corrected chi connectivity index (χ0v) is 14.2. The number of rotatable bonds is 6. The van der Waals surface area contributed by atoms with Gasteiger partial charge in [0, 0.05) is 16.6 Å². The van der Waals surface area contributed by atoms with Crippen molar-refractivity contribution in [3.63, 3.8) is 0 Å². The van der Waals surface area contributed by atoms with E-state index >= 15 is 0 Å². The Balaban J connectivity index is 1.92. The highest BCUT2D eigenvalue weighted by molar-refractivity contribution is 9.10. The molecule has 0 radical (unpaired) electrons. The van der Waals surface area contributed by atoms with Crippen LogP contribution in [0, 0.1) is 5.92 Å². The molecule has 0 unspecified atom stereocenters. The number of carbonyl (C=O) groups is 1. The Labute approximate surface area is 135 Å². The molecule has 2 nitrogen and oxygen atoms in total. The van der Waals surface area contributed by atoms with Crippen LogP contribution in [0.5, 0.6) is 0 Å². The maximum absolute atomic E-state index is 12.1. The number of fused-ring (bicyclic) bond motifs is 1. The zero-order chi connectivity index (χ0) is 15.2. The standard InChI is InChI=1S/C18H22BrNO/c1-13(2)5-3-4-10-20-18(21)16-7-6-15-12-17(19)9-8-14(15)11-16/h6-9,11-13H,3-5,10H2,1-2H3,(H,20,21). The lowest BCUT2D eigenvalue weighted by Crippen LogP contribution is -2.24. The van der Waals surface area contributed by atoms with E-state index in [0.717, 1.165) is 39.7 Å². The fraction of sp³-hybridized carbons (Fsp3) is 0.389. The Morgan fingerprint density at radius 3 is 2.57 bits per heavy atom. The summed E-state index contributed by atoms with van der Waals surface area (Å²) in [7, 11) is 0. The van der Waals surface area contributed by atoms with Crippen LogP contribution < -0.4 is 5.32 Å². The van der Waals surface area contributed by atoms with Crippen LogP contribution in [0.4, 0.5) is 0 Å². The van der Waals surface area contributed by atoms with E-state index in [-0.39, 0.29) is 5.91 Å². The second kappa shape index (κ2) is 7.60. The Kier molecular flexibility index (Phi) is 5.80. The number of halogens is 1. The average Bonchev–Trinajstić information content (AvgIpc) is 2.45. The first-order chi connectivity index (χ1) is 10.1. The summed E-state index contributed by atoms with van der Waals surface area (Å²) in [4.78, 5) is 12.1. The van der Waals surface area contributed by atoms with Crippen LogP contribution in [-0.4, -0.2) is 12.5 Å². The summed E-state index contributed by atoms with van der Waals surface area (Å²) in [6.45, 7) is 5.21. The molecule has 0 bridgehead atoms. The van der Waals surface area contributed by atoms with Crippen LogP contribution in [0.3, 0.4) is 0 Å². The van der Waals surface area contributed by atoms with Crippen molar-refractivity contribution in [2.24, 2.45) is 5.92 Å². The van der Waals surface area contributed by atoms with Gasteiger partial charge in [-0.3, -0.25) is 4.79 Å². The summed E-state index contributed by atoms with van der Waals surface area (Å²) >= 11 is 3.46. The summed E-state index contributed by atoms with van der Waals surface area (Å²) in [5.41, 5.74) is 0.730. The van der Waals surface area contributed by atoms with Crippen LogP contribution >= 0.6 is 15.9 Å². The smallest absolute Gasteiger partial charge is 0.251 e. The highest BCUT2D eigenvalue weighted by atomic mass is 79.9. The van der Waals surface area contributed by atoms with Crippen molar-refractivity contribution >= 4 is 32.6 Å². The van der Waals surface area contributed by atoms with E-state index in [1.807, 2.05) is 30.3 Å². The molecule has 0 aliphatic rings. The third kappa shape index (κ3) is 4.85. The molecule has 112 valence electrons. The van der Waals surface area contributed by atoms with E-state index in [9.17, 15) is 4.79 Å². The molecule has 0 spiro atoms. The maximum Gasteiger partial charge on any atom is 0.251 e. The molecule has 2 rings (SSSR count). The molecule has 0 atom stereocenters. The second-order valence-corrected chi connectivity index (χ2v) is 6.77. The molecular formula is C18H22BrNO. The number of benzene rings is 2. The Morgan fingerprint density at radius 2 is 1.81 bits per heavy atom. The van der Waals surface area contributed by atoms with Crippen molar-refractivity contribution in [2.45, 2.75) is 33.1 Å². The molecule has 0 saturated carbocycles. The minimum atomic E-state index is 0.0179. The van der Waals surface area contributed by atoms with Gasteiger partial charge in [0.05, 0.1) is 0 Å². The van der Waals surface area contributed by atoms with Gasteiger partial charge < -0.3 is 5.32 Å². The van der Waals surface area contributed by atoms with Crippen LogP contribution in [0.1, 0.15) is 43.5 Å². The quantitative estimate of drug-likeness (QED) is 0.718. The number of unbranched alkanes of at least 4 members (excludes halogenated alkanes) is 1. The molecular weight excluding hydrogens is 326 g/mol. The highest BCUT2D eigenvalue weighted by Crippen LogP contribution is 2.21. The molecule has 0 aromatic heterocycles. The Hall–Kier alpha value is -1.35. The molecule has 0 aliphatic heterocycles. The van der Waals surface area contributed by atoms with E-state index in [4.69, 9.17) is 0 Å². The summed E-state index contributed by atoms with van der Waals surface area (Å²) in [6.07, 6.45) is 3.44. The first-order valence-corrected chi connectivity index (χ1v) is 8.33. The minimum Gasteiger partial charge on any atom is -0.352 e. The first-order valence-electron chi connectivity index (χ1n) is 7.54. The first kappa shape index (κ1) is 16.0. The van der Waals surface area contributed by atoms with Crippen molar-refractivity contribution < 1.29 is 4.79 Å². The highest BCUT2D eigenvalue weighted by Gasteiger charge is 2.06. The summed E-state index contributed by atoms with van der Waals surface area (Å²) in [5, 5.41) is 5.23. The molecule has 2 aromatic rings. The van der Waals surface area contributed by atoms with Gasteiger partial charge in [0.2, 0.25) is 0 Å². The topological polar surface area (TPSA) is 29.1 Å². The monoisotopic (exact) mass is 347 g/mol. The van der Waals surface area contributed by atoms with Crippen molar-refractivity contribution in [3.8, 4) is 0 Å². The van der Waals surface area contributed by atoms with Gasteiger partial charge in [0.25, 0.3) is 5.91 Å². The SMILES string of the molecule is CC(C)CCCCNC(=O)c1ccc2cc(Br)ccc2c1. The lowest BCUT2D eigenvalue weighted by molar-refractivity contribution is 0.0953. The van der Waals surface area contributed by atoms with Crippen LogP contribution in [0.2, 0.25) is 0 Å². The van der Waals surface area contributed by atoms with Gasteiger partial charge in [0.15, 0.2) is 0 Å².